The molecule has 0 bridgehead atoms. The van der Waals surface area contributed by atoms with Crippen LogP contribution in [0.15, 0.2) is 24.3 Å². The van der Waals surface area contributed by atoms with Crippen LogP contribution in [0.2, 0.25) is 0 Å². The Balaban J connectivity index is 2.23. The Labute approximate surface area is 145 Å². The normalized spacial score (nSPS) is 19.1. The number of thiophene rings is 1. The lowest BCUT2D eigenvalue weighted by molar-refractivity contribution is 0.0692. The smallest absolute Gasteiger partial charge is 0.337 e. The zero-order valence-corrected chi connectivity index (χ0v) is 14.9. The fourth-order valence-electron chi connectivity index (χ4n) is 3.53. The van der Waals surface area contributed by atoms with Crippen LogP contribution in [0.25, 0.3) is 10.4 Å². The molecule has 0 saturated heterocycles. The van der Waals surface area contributed by atoms with E-state index in [0.717, 1.165) is 26.4 Å². The van der Waals surface area contributed by atoms with Gasteiger partial charge in [-0.05, 0) is 34.9 Å². The van der Waals surface area contributed by atoms with Crippen LogP contribution in [0.1, 0.15) is 52.7 Å². The summed E-state index contributed by atoms with van der Waals surface area (Å²) in [7, 11) is 1.63. The number of aliphatic hydroxyl groups excluding tert-OH is 1. The van der Waals surface area contributed by atoms with Crippen molar-refractivity contribution in [3.63, 3.8) is 0 Å². The third kappa shape index (κ3) is 2.99. The predicted molar refractivity (Wildman–Crippen MR) is 94.5 cm³/mol. The maximum absolute atomic E-state index is 12.0. The molecular formula is C19H22O4S. The van der Waals surface area contributed by atoms with E-state index in [2.05, 4.69) is 13.8 Å². The van der Waals surface area contributed by atoms with Crippen LogP contribution in [-0.4, -0.2) is 23.3 Å². The number of fused-ring (bicyclic) bond motifs is 1. The third-order valence-electron chi connectivity index (χ3n) is 4.52. The van der Waals surface area contributed by atoms with E-state index in [0.29, 0.717) is 25.0 Å². The molecular weight excluding hydrogens is 324 g/mol. The van der Waals surface area contributed by atoms with Crippen LogP contribution in [0.4, 0.5) is 0 Å². The first-order valence-electron chi connectivity index (χ1n) is 7.98. The minimum Gasteiger partial charge on any atom is -0.478 e. The van der Waals surface area contributed by atoms with E-state index in [1.807, 2.05) is 24.3 Å². The number of rotatable bonds is 4. The van der Waals surface area contributed by atoms with Gasteiger partial charge < -0.3 is 14.9 Å². The zero-order valence-electron chi connectivity index (χ0n) is 14.1. The highest BCUT2D eigenvalue weighted by molar-refractivity contribution is 7.16. The van der Waals surface area contributed by atoms with E-state index in [1.165, 1.54) is 11.3 Å². The van der Waals surface area contributed by atoms with Gasteiger partial charge in [-0.25, -0.2) is 4.79 Å². The number of methoxy groups -OCH3 is 1. The summed E-state index contributed by atoms with van der Waals surface area (Å²) in [5, 5.41) is 20.4. The van der Waals surface area contributed by atoms with E-state index in [-0.39, 0.29) is 5.41 Å². The number of carbonyl (C=O) groups is 1. The van der Waals surface area contributed by atoms with Gasteiger partial charge in [-0.1, -0.05) is 38.1 Å². The SMILES string of the molecule is COCc1ccccc1-c1sc2c(c1C(=O)O)CC(C)(C)CC2O. The van der Waals surface area contributed by atoms with Crippen LogP contribution in [0, 0.1) is 5.41 Å². The lowest BCUT2D eigenvalue weighted by Crippen LogP contribution is -2.25. The molecule has 1 aliphatic carbocycles. The molecule has 1 atom stereocenters. The number of hydrogen-bond donors (Lipinski definition) is 2. The van der Waals surface area contributed by atoms with Crippen molar-refractivity contribution in [2.75, 3.05) is 7.11 Å². The molecule has 1 unspecified atom stereocenters. The van der Waals surface area contributed by atoms with Crippen LogP contribution in [-0.2, 0) is 17.8 Å². The Morgan fingerprint density at radius 1 is 1.38 bits per heavy atom. The monoisotopic (exact) mass is 346 g/mol. The quantitative estimate of drug-likeness (QED) is 0.868. The van der Waals surface area contributed by atoms with Gasteiger partial charge in [-0.2, -0.15) is 0 Å². The highest BCUT2D eigenvalue weighted by Crippen LogP contribution is 2.49. The summed E-state index contributed by atoms with van der Waals surface area (Å²) < 4.78 is 5.25. The van der Waals surface area contributed by atoms with Crippen molar-refractivity contribution in [2.45, 2.75) is 39.4 Å². The molecule has 1 aromatic heterocycles. The highest BCUT2D eigenvalue weighted by Gasteiger charge is 2.37. The number of hydrogen-bond acceptors (Lipinski definition) is 4. The number of aliphatic hydroxyl groups is 1. The molecule has 3 rings (SSSR count). The fourth-order valence-corrected chi connectivity index (χ4v) is 4.89. The number of ether oxygens (including phenoxy) is 1. The molecule has 24 heavy (non-hydrogen) atoms. The maximum atomic E-state index is 12.0. The van der Waals surface area contributed by atoms with Gasteiger partial charge >= 0.3 is 5.97 Å². The largest absolute Gasteiger partial charge is 0.478 e. The zero-order chi connectivity index (χ0) is 17.5. The number of benzene rings is 1. The Morgan fingerprint density at radius 3 is 2.75 bits per heavy atom. The first-order chi connectivity index (χ1) is 11.3. The summed E-state index contributed by atoms with van der Waals surface area (Å²) >= 11 is 1.41. The van der Waals surface area contributed by atoms with Crippen LogP contribution in [0.5, 0.6) is 0 Å². The molecule has 0 saturated carbocycles. The van der Waals surface area contributed by atoms with Gasteiger partial charge in [0, 0.05) is 16.9 Å². The van der Waals surface area contributed by atoms with Crippen molar-refractivity contribution in [3.8, 4) is 10.4 Å². The number of carboxylic acid groups (broad SMARTS) is 1. The second-order valence-electron chi connectivity index (χ2n) is 7.11. The molecule has 1 heterocycles. The summed E-state index contributed by atoms with van der Waals surface area (Å²) in [6.45, 7) is 4.56. The van der Waals surface area contributed by atoms with Gasteiger partial charge in [0.05, 0.1) is 18.3 Å². The Morgan fingerprint density at radius 2 is 2.08 bits per heavy atom. The number of carboxylic acids is 1. The molecule has 2 aromatic rings. The molecule has 0 radical (unpaired) electrons. The first-order valence-corrected chi connectivity index (χ1v) is 8.80. The first kappa shape index (κ1) is 17.1. The molecule has 0 spiro atoms. The van der Waals surface area contributed by atoms with Crippen molar-refractivity contribution < 1.29 is 19.7 Å². The van der Waals surface area contributed by atoms with E-state index in [4.69, 9.17) is 4.74 Å². The van der Waals surface area contributed by atoms with E-state index >= 15 is 0 Å². The molecule has 4 nitrogen and oxygen atoms in total. The minimum absolute atomic E-state index is 0.110. The second kappa shape index (κ2) is 6.31. The standard InChI is InChI=1S/C19H22O4S/c1-19(2)8-13-15(18(21)22)17(24-16(13)14(20)9-19)12-7-5-4-6-11(12)10-23-3/h4-7,14,20H,8-10H2,1-3H3,(H,21,22). The van der Waals surface area contributed by atoms with Gasteiger partial charge in [0.25, 0.3) is 0 Å². The summed E-state index contributed by atoms with van der Waals surface area (Å²) in [5.74, 6) is -0.931. The van der Waals surface area contributed by atoms with Gasteiger partial charge in [0.15, 0.2) is 0 Å². The van der Waals surface area contributed by atoms with Crippen molar-refractivity contribution in [1.29, 1.82) is 0 Å². The van der Waals surface area contributed by atoms with E-state index in [1.54, 1.807) is 7.11 Å². The highest BCUT2D eigenvalue weighted by atomic mass is 32.1. The lowest BCUT2D eigenvalue weighted by atomic mass is 9.74. The molecule has 128 valence electrons. The third-order valence-corrected chi connectivity index (χ3v) is 5.88. The van der Waals surface area contributed by atoms with Gasteiger partial charge in [0.1, 0.15) is 0 Å². The van der Waals surface area contributed by atoms with E-state index in [9.17, 15) is 15.0 Å². The predicted octanol–water partition coefficient (Wildman–Crippen LogP) is 4.27. The summed E-state index contributed by atoms with van der Waals surface area (Å²) in [6.07, 6.45) is 0.720. The van der Waals surface area contributed by atoms with Crippen molar-refractivity contribution in [1.82, 2.24) is 0 Å². The summed E-state index contributed by atoms with van der Waals surface area (Å²) in [5.41, 5.74) is 2.85. The van der Waals surface area contributed by atoms with Gasteiger partial charge in [-0.3, -0.25) is 0 Å². The number of aromatic carboxylic acids is 1. The molecule has 0 aliphatic heterocycles. The Kier molecular flexibility index (Phi) is 4.51. The van der Waals surface area contributed by atoms with Crippen LogP contribution >= 0.6 is 11.3 Å². The topological polar surface area (TPSA) is 66.8 Å². The average Bonchev–Trinajstić information content (AvgIpc) is 2.86. The van der Waals surface area contributed by atoms with Gasteiger partial charge in [-0.15, -0.1) is 11.3 Å². The molecule has 1 aromatic carbocycles. The Bertz CT molecular complexity index is 776. The minimum atomic E-state index is -0.931. The average molecular weight is 346 g/mol. The molecule has 1 aliphatic rings. The molecule has 0 fully saturated rings. The molecule has 0 amide bonds. The Hall–Kier alpha value is -1.69. The van der Waals surface area contributed by atoms with Crippen molar-refractivity contribution in [3.05, 3.63) is 45.8 Å². The van der Waals surface area contributed by atoms with Gasteiger partial charge in [0.2, 0.25) is 0 Å². The van der Waals surface area contributed by atoms with Crippen LogP contribution < -0.4 is 0 Å². The maximum Gasteiger partial charge on any atom is 0.337 e. The van der Waals surface area contributed by atoms with Crippen molar-refractivity contribution in [2.24, 2.45) is 5.41 Å². The molecule has 2 N–H and O–H groups in total. The lowest BCUT2D eigenvalue weighted by Gasteiger charge is -2.32. The van der Waals surface area contributed by atoms with Crippen molar-refractivity contribution >= 4 is 17.3 Å². The summed E-state index contributed by atoms with van der Waals surface area (Å²) in [6, 6.07) is 7.70. The molecule has 5 heteroatoms. The fraction of sp³-hybridized carbons (Fsp3) is 0.421. The second-order valence-corrected chi connectivity index (χ2v) is 8.16. The summed E-state index contributed by atoms with van der Waals surface area (Å²) in [4.78, 5) is 13.5. The van der Waals surface area contributed by atoms with Crippen LogP contribution in [0.3, 0.4) is 0 Å². The van der Waals surface area contributed by atoms with E-state index < -0.39 is 12.1 Å².